The van der Waals surface area contributed by atoms with E-state index in [-0.39, 0.29) is 10.6 Å². The molecule has 0 saturated heterocycles. The second-order valence-electron chi connectivity index (χ2n) is 4.26. The molecule has 0 fully saturated rings. The van der Waals surface area contributed by atoms with Gasteiger partial charge in [-0.05, 0) is 42.9 Å². The van der Waals surface area contributed by atoms with Crippen molar-refractivity contribution in [3.63, 3.8) is 0 Å². The van der Waals surface area contributed by atoms with Crippen molar-refractivity contribution in [2.24, 2.45) is 0 Å². The Bertz CT molecular complexity index is 682. The molecule has 0 saturated carbocycles. The highest BCUT2D eigenvalue weighted by Gasteiger charge is 2.11. The van der Waals surface area contributed by atoms with Gasteiger partial charge in [-0.2, -0.15) is 0 Å². The van der Waals surface area contributed by atoms with Gasteiger partial charge in [0.25, 0.3) is 0 Å². The molecule has 0 aliphatic rings. The topological polar surface area (TPSA) is 78.4 Å². The monoisotopic (exact) mass is 292 g/mol. The number of hydrogen-bond donors (Lipinski definition) is 3. The Labute approximate surface area is 118 Å². The molecule has 0 radical (unpaired) electrons. The molecular formula is C14H16N2O3S. The van der Waals surface area contributed by atoms with Crippen molar-refractivity contribution in [2.75, 3.05) is 12.4 Å². The van der Waals surface area contributed by atoms with Crippen LogP contribution in [-0.4, -0.2) is 20.6 Å². The van der Waals surface area contributed by atoms with E-state index >= 15 is 0 Å². The minimum Gasteiger partial charge on any atom is -0.508 e. The van der Waals surface area contributed by atoms with Crippen LogP contribution in [0.15, 0.2) is 53.4 Å². The molecule has 5 nitrogen and oxygen atoms in total. The molecule has 0 bridgehead atoms. The summed E-state index contributed by atoms with van der Waals surface area (Å²) in [6, 6.07) is 13.4. The highest BCUT2D eigenvalue weighted by molar-refractivity contribution is 7.89. The van der Waals surface area contributed by atoms with E-state index < -0.39 is 10.0 Å². The Hall–Kier alpha value is -2.05. The van der Waals surface area contributed by atoms with E-state index in [4.69, 9.17) is 0 Å². The van der Waals surface area contributed by atoms with Gasteiger partial charge in [0.15, 0.2) is 0 Å². The van der Waals surface area contributed by atoms with Crippen LogP contribution in [0.1, 0.15) is 5.56 Å². The lowest BCUT2D eigenvalue weighted by Gasteiger charge is -2.09. The second-order valence-corrected chi connectivity index (χ2v) is 6.14. The molecule has 0 amide bonds. The van der Waals surface area contributed by atoms with Crippen LogP contribution in [0.3, 0.4) is 0 Å². The Morgan fingerprint density at radius 1 is 1.10 bits per heavy atom. The van der Waals surface area contributed by atoms with E-state index in [0.717, 1.165) is 11.3 Å². The summed E-state index contributed by atoms with van der Waals surface area (Å²) in [6.07, 6.45) is 0. The lowest BCUT2D eigenvalue weighted by atomic mass is 10.2. The van der Waals surface area contributed by atoms with Gasteiger partial charge in [-0.25, -0.2) is 13.1 Å². The minimum atomic E-state index is -3.43. The summed E-state index contributed by atoms with van der Waals surface area (Å²) in [5.41, 5.74) is 1.71. The van der Waals surface area contributed by atoms with Gasteiger partial charge in [0.1, 0.15) is 5.75 Å². The third-order valence-corrected chi connectivity index (χ3v) is 4.26. The van der Waals surface area contributed by atoms with Crippen molar-refractivity contribution < 1.29 is 13.5 Å². The number of hydrogen-bond acceptors (Lipinski definition) is 4. The number of phenolic OH excluding ortho intramolecular Hbond substituents is 1. The molecule has 3 N–H and O–H groups in total. The predicted molar refractivity (Wildman–Crippen MR) is 78.1 cm³/mol. The standard InChI is InChI=1S/C14H16N2O3S/c1-15-20(18,19)14-4-2-3-12(9-14)16-10-11-5-7-13(17)8-6-11/h2-9,15-17H,10H2,1H3. The Morgan fingerprint density at radius 3 is 2.45 bits per heavy atom. The summed E-state index contributed by atoms with van der Waals surface area (Å²) >= 11 is 0. The van der Waals surface area contributed by atoms with Crippen molar-refractivity contribution in [3.8, 4) is 5.75 Å². The van der Waals surface area contributed by atoms with Crippen molar-refractivity contribution >= 4 is 15.7 Å². The number of benzene rings is 2. The summed E-state index contributed by atoms with van der Waals surface area (Å²) < 4.78 is 25.7. The van der Waals surface area contributed by atoms with E-state index in [1.54, 1.807) is 42.5 Å². The first-order chi connectivity index (χ1) is 9.51. The first-order valence-corrected chi connectivity index (χ1v) is 7.55. The Morgan fingerprint density at radius 2 is 1.80 bits per heavy atom. The zero-order valence-electron chi connectivity index (χ0n) is 11.0. The van der Waals surface area contributed by atoms with Crippen LogP contribution >= 0.6 is 0 Å². The van der Waals surface area contributed by atoms with Crippen LogP contribution in [-0.2, 0) is 16.6 Å². The molecule has 0 unspecified atom stereocenters. The maximum atomic E-state index is 11.7. The molecular weight excluding hydrogens is 276 g/mol. The largest absolute Gasteiger partial charge is 0.508 e. The molecule has 2 aromatic rings. The fraction of sp³-hybridized carbons (Fsp3) is 0.143. The first kappa shape index (κ1) is 14.4. The van der Waals surface area contributed by atoms with Gasteiger partial charge < -0.3 is 10.4 Å². The van der Waals surface area contributed by atoms with Crippen molar-refractivity contribution in [1.29, 1.82) is 0 Å². The van der Waals surface area contributed by atoms with Gasteiger partial charge in [-0.15, -0.1) is 0 Å². The van der Waals surface area contributed by atoms with E-state index in [1.165, 1.54) is 13.1 Å². The molecule has 0 aliphatic carbocycles. The van der Waals surface area contributed by atoms with E-state index in [1.807, 2.05) is 0 Å². The molecule has 0 heterocycles. The maximum Gasteiger partial charge on any atom is 0.240 e. The summed E-state index contributed by atoms with van der Waals surface area (Å²) in [4.78, 5) is 0.218. The van der Waals surface area contributed by atoms with Gasteiger partial charge in [0.2, 0.25) is 10.0 Å². The zero-order chi connectivity index (χ0) is 14.6. The number of phenols is 1. The van der Waals surface area contributed by atoms with Gasteiger partial charge in [-0.1, -0.05) is 18.2 Å². The van der Waals surface area contributed by atoms with Gasteiger partial charge >= 0.3 is 0 Å². The molecule has 106 valence electrons. The molecule has 6 heteroatoms. The fourth-order valence-electron chi connectivity index (χ4n) is 1.71. The Balaban J connectivity index is 2.11. The SMILES string of the molecule is CNS(=O)(=O)c1cccc(NCc2ccc(O)cc2)c1. The van der Waals surface area contributed by atoms with Crippen LogP contribution in [0.4, 0.5) is 5.69 Å². The fourth-order valence-corrected chi connectivity index (χ4v) is 2.48. The van der Waals surface area contributed by atoms with Crippen molar-refractivity contribution in [3.05, 3.63) is 54.1 Å². The molecule has 20 heavy (non-hydrogen) atoms. The van der Waals surface area contributed by atoms with E-state index in [2.05, 4.69) is 10.0 Å². The van der Waals surface area contributed by atoms with Gasteiger partial charge in [-0.3, -0.25) is 0 Å². The van der Waals surface area contributed by atoms with Crippen LogP contribution in [0.5, 0.6) is 5.75 Å². The Kier molecular flexibility index (Phi) is 4.26. The average molecular weight is 292 g/mol. The number of sulfonamides is 1. The lowest BCUT2D eigenvalue weighted by Crippen LogP contribution is -2.18. The number of aromatic hydroxyl groups is 1. The molecule has 0 atom stereocenters. The van der Waals surface area contributed by atoms with Crippen LogP contribution < -0.4 is 10.0 Å². The third-order valence-electron chi connectivity index (χ3n) is 2.85. The van der Waals surface area contributed by atoms with Crippen LogP contribution in [0, 0.1) is 0 Å². The average Bonchev–Trinajstić information content (AvgIpc) is 2.47. The predicted octanol–water partition coefficient (Wildman–Crippen LogP) is 1.91. The number of nitrogens with one attached hydrogen (secondary N) is 2. The zero-order valence-corrected chi connectivity index (χ0v) is 11.8. The highest BCUT2D eigenvalue weighted by Crippen LogP contribution is 2.16. The molecule has 0 aromatic heterocycles. The molecule has 0 aliphatic heterocycles. The molecule has 0 spiro atoms. The van der Waals surface area contributed by atoms with E-state index in [0.29, 0.717) is 6.54 Å². The van der Waals surface area contributed by atoms with Crippen molar-refractivity contribution in [2.45, 2.75) is 11.4 Å². The quantitative estimate of drug-likeness (QED) is 0.786. The smallest absolute Gasteiger partial charge is 0.240 e. The summed E-state index contributed by atoms with van der Waals surface area (Å²) in [5, 5.41) is 12.3. The minimum absolute atomic E-state index is 0.218. The molecule has 2 rings (SSSR count). The first-order valence-electron chi connectivity index (χ1n) is 6.07. The van der Waals surface area contributed by atoms with E-state index in [9.17, 15) is 13.5 Å². The lowest BCUT2D eigenvalue weighted by molar-refractivity contribution is 0.475. The van der Waals surface area contributed by atoms with Crippen LogP contribution in [0.2, 0.25) is 0 Å². The second kappa shape index (κ2) is 5.94. The number of anilines is 1. The van der Waals surface area contributed by atoms with Gasteiger partial charge in [0, 0.05) is 12.2 Å². The van der Waals surface area contributed by atoms with Crippen LogP contribution in [0.25, 0.3) is 0 Å². The number of rotatable bonds is 5. The summed E-state index contributed by atoms with van der Waals surface area (Å²) in [5.74, 6) is 0.218. The third kappa shape index (κ3) is 3.49. The highest BCUT2D eigenvalue weighted by atomic mass is 32.2. The normalized spacial score (nSPS) is 11.2. The van der Waals surface area contributed by atoms with Gasteiger partial charge in [0.05, 0.1) is 4.90 Å². The van der Waals surface area contributed by atoms with Crippen molar-refractivity contribution in [1.82, 2.24) is 4.72 Å². The maximum absolute atomic E-state index is 11.7. The summed E-state index contributed by atoms with van der Waals surface area (Å²) in [6.45, 7) is 0.545. The molecule has 2 aromatic carbocycles. The summed E-state index contributed by atoms with van der Waals surface area (Å²) in [7, 11) is -2.05.